The van der Waals surface area contributed by atoms with Gasteiger partial charge in [0.25, 0.3) is 0 Å². The molecule has 0 bridgehead atoms. The van der Waals surface area contributed by atoms with Crippen molar-refractivity contribution in [3.8, 4) is 0 Å². The number of allylic oxidation sites excluding steroid dienone is 1. The van der Waals surface area contributed by atoms with E-state index in [2.05, 4.69) is 0 Å². The van der Waals surface area contributed by atoms with E-state index in [-0.39, 0.29) is 0 Å². The Morgan fingerprint density at radius 3 is 2.31 bits per heavy atom. The molecule has 0 radical (unpaired) electrons. The molecule has 2 heteroatoms. The fourth-order valence-electron chi connectivity index (χ4n) is 1.44. The Bertz CT molecular complexity index is 154. The van der Waals surface area contributed by atoms with Gasteiger partial charge in [0.15, 0.2) is 0 Å². The van der Waals surface area contributed by atoms with Gasteiger partial charge >= 0.3 is 0 Å². The molecule has 0 aliphatic heterocycles. The lowest BCUT2D eigenvalue weighted by molar-refractivity contribution is -0.0464. The molecule has 0 aliphatic carbocycles. The summed E-state index contributed by atoms with van der Waals surface area (Å²) in [6.45, 7) is 5.90. The van der Waals surface area contributed by atoms with E-state index >= 15 is 0 Å². The van der Waals surface area contributed by atoms with E-state index < -0.39 is 11.7 Å². The van der Waals surface area contributed by atoms with Crippen molar-refractivity contribution < 1.29 is 10.2 Å². The van der Waals surface area contributed by atoms with Crippen molar-refractivity contribution in [3.05, 3.63) is 12.2 Å². The molecule has 0 rings (SSSR count). The van der Waals surface area contributed by atoms with Crippen molar-refractivity contribution in [2.75, 3.05) is 0 Å². The average Bonchev–Trinajstić information content (AvgIpc) is 2.14. The van der Waals surface area contributed by atoms with Crippen molar-refractivity contribution in [3.63, 3.8) is 0 Å². The van der Waals surface area contributed by atoms with E-state index in [1.165, 1.54) is 0 Å². The summed E-state index contributed by atoms with van der Waals surface area (Å²) in [5.41, 5.74) is -1.01. The topological polar surface area (TPSA) is 40.5 Å². The lowest BCUT2D eigenvalue weighted by atomic mass is 9.89. The Balaban J connectivity index is 4.41. The highest BCUT2D eigenvalue weighted by Crippen LogP contribution is 2.21. The number of hydrogen-bond donors (Lipinski definition) is 2. The Hall–Kier alpha value is -0.340. The van der Waals surface area contributed by atoms with Crippen LogP contribution in [0.15, 0.2) is 12.2 Å². The molecule has 78 valence electrons. The Morgan fingerprint density at radius 2 is 1.92 bits per heavy atom. The number of rotatable bonds is 6. The quantitative estimate of drug-likeness (QED) is 0.625. The van der Waals surface area contributed by atoms with Gasteiger partial charge in [0.05, 0.1) is 6.10 Å². The minimum atomic E-state index is -1.01. The monoisotopic (exact) mass is 186 g/mol. The van der Waals surface area contributed by atoms with Crippen molar-refractivity contribution >= 4 is 0 Å². The zero-order valence-corrected chi connectivity index (χ0v) is 8.95. The van der Waals surface area contributed by atoms with Crippen molar-refractivity contribution in [1.29, 1.82) is 0 Å². The van der Waals surface area contributed by atoms with E-state index in [4.69, 9.17) is 0 Å². The third-order valence-electron chi connectivity index (χ3n) is 2.26. The lowest BCUT2D eigenvalue weighted by Gasteiger charge is -2.29. The van der Waals surface area contributed by atoms with Gasteiger partial charge in [0.1, 0.15) is 5.60 Å². The van der Waals surface area contributed by atoms with Crippen LogP contribution in [-0.2, 0) is 0 Å². The highest BCUT2D eigenvalue weighted by Gasteiger charge is 2.30. The van der Waals surface area contributed by atoms with Crippen LogP contribution in [0.25, 0.3) is 0 Å². The molecule has 2 N–H and O–H groups in total. The van der Waals surface area contributed by atoms with E-state index in [0.29, 0.717) is 12.8 Å². The van der Waals surface area contributed by atoms with E-state index in [9.17, 15) is 10.2 Å². The molecule has 0 amide bonds. The summed E-state index contributed by atoms with van der Waals surface area (Å²) in [5.74, 6) is 0. The van der Waals surface area contributed by atoms with Crippen LogP contribution >= 0.6 is 0 Å². The van der Waals surface area contributed by atoms with Crippen LogP contribution in [0.5, 0.6) is 0 Å². The molecule has 2 unspecified atom stereocenters. The van der Waals surface area contributed by atoms with Crippen LogP contribution in [0.3, 0.4) is 0 Å². The molecule has 0 spiro atoms. The molecule has 0 heterocycles. The minimum Gasteiger partial charge on any atom is -0.390 e. The Kier molecular flexibility index (Phi) is 6.00. The first kappa shape index (κ1) is 12.7. The van der Waals surface area contributed by atoms with Gasteiger partial charge in [-0.15, -0.1) is 0 Å². The zero-order valence-electron chi connectivity index (χ0n) is 8.95. The fourth-order valence-corrected chi connectivity index (χ4v) is 1.44. The van der Waals surface area contributed by atoms with Gasteiger partial charge in [-0.1, -0.05) is 39.3 Å². The number of aliphatic hydroxyl groups is 2. The molecule has 2 atom stereocenters. The number of aliphatic hydroxyl groups excluding tert-OH is 1. The second-order valence-electron chi connectivity index (χ2n) is 3.48. The van der Waals surface area contributed by atoms with Crippen molar-refractivity contribution in [2.45, 2.75) is 58.2 Å². The van der Waals surface area contributed by atoms with Crippen LogP contribution in [0.1, 0.15) is 46.5 Å². The molecule has 0 aromatic heterocycles. The third-order valence-corrected chi connectivity index (χ3v) is 2.26. The van der Waals surface area contributed by atoms with Crippen LogP contribution in [0.2, 0.25) is 0 Å². The smallest absolute Gasteiger partial charge is 0.108 e. The largest absolute Gasteiger partial charge is 0.390 e. The number of hydrogen-bond acceptors (Lipinski definition) is 2. The summed E-state index contributed by atoms with van der Waals surface area (Å²) < 4.78 is 0. The van der Waals surface area contributed by atoms with E-state index in [1.807, 2.05) is 26.8 Å². The van der Waals surface area contributed by atoms with Gasteiger partial charge in [-0.25, -0.2) is 0 Å². The Morgan fingerprint density at radius 1 is 1.31 bits per heavy atom. The summed E-state index contributed by atoms with van der Waals surface area (Å²) in [7, 11) is 0. The van der Waals surface area contributed by atoms with Crippen LogP contribution < -0.4 is 0 Å². The van der Waals surface area contributed by atoms with Gasteiger partial charge < -0.3 is 10.2 Å². The van der Waals surface area contributed by atoms with Crippen LogP contribution in [0.4, 0.5) is 0 Å². The molecule has 0 saturated carbocycles. The predicted octanol–water partition coefficient (Wildman–Crippen LogP) is 2.25. The normalized spacial score (nSPS) is 18.8. The molecule has 0 aromatic carbocycles. The maximum absolute atomic E-state index is 10.1. The summed E-state index contributed by atoms with van der Waals surface area (Å²) >= 11 is 0. The van der Waals surface area contributed by atoms with Crippen LogP contribution in [-0.4, -0.2) is 21.9 Å². The first-order chi connectivity index (χ1) is 6.10. The fraction of sp³-hybridized carbons (Fsp3) is 0.818. The lowest BCUT2D eigenvalue weighted by Crippen LogP contribution is -2.39. The summed E-state index contributed by atoms with van der Waals surface area (Å²) in [6.07, 6.45) is 5.99. The van der Waals surface area contributed by atoms with E-state index in [0.717, 1.165) is 12.8 Å². The minimum absolute atomic E-state index is 0.588. The summed E-state index contributed by atoms with van der Waals surface area (Å²) in [6, 6.07) is 0. The maximum Gasteiger partial charge on any atom is 0.108 e. The first-order valence-corrected chi connectivity index (χ1v) is 5.18. The SMILES string of the molecule is CCC=CC(O)(CCC)C(O)CC. The van der Waals surface area contributed by atoms with Gasteiger partial charge in [-0.05, 0) is 19.3 Å². The van der Waals surface area contributed by atoms with Gasteiger partial charge in [0, 0.05) is 0 Å². The average molecular weight is 186 g/mol. The van der Waals surface area contributed by atoms with Crippen molar-refractivity contribution in [1.82, 2.24) is 0 Å². The maximum atomic E-state index is 10.1. The van der Waals surface area contributed by atoms with Crippen LogP contribution in [0, 0.1) is 0 Å². The highest BCUT2D eigenvalue weighted by atomic mass is 16.3. The second-order valence-corrected chi connectivity index (χ2v) is 3.48. The molecule has 0 saturated heterocycles. The third kappa shape index (κ3) is 3.92. The molecule has 0 aromatic rings. The molecule has 13 heavy (non-hydrogen) atoms. The molecular weight excluding hydrogens is 164 g/mol. The molecule has 0 aliphatic rings. The predicted molar refractivity (Wildman–Crippen MR) is 55.6 cm³/mol. The summed E-state index contributed by atoms with van der Waals surface area (Å²) in [4.78, 5) is 0. The second kappa shape index (κ2) is 6.17. The molecule has 0 fully saturated rings. The van der Waals surface area contributed by atoms with Gasteiger partial charge in [-0.3, -0.25) is 0 Å². The molecular formula is C11H22O2. The zero-order chi connectivity index (χ0) is 10.3. The highest BCUT2D eigenvalue weighted by molar-refractivity contribution is 5.04. The van der Waals surface area contributed by atoms with Gasteiger partial charge in [-0.2, -0.15) is 0 Å². The Labute approximate surface area is 81.3 Å². The molecule has 2 nitrogen and oxygen atoms in total. The van der Waals surface area contributed by atoms with E-state index in [1.54, 1.807) is 6.08 Å². The first-order valence-electron chi connectivity index (χ1n) is 5.18. The van der Waals surface area contributed by atoms with Crippen molar-refractivity contribution in [2.24, 2.45) is 0 Å². The van der Waals surface area contributed by atoms with Gasteiger partial charge in [0.2, 0.25) is 0 Å². The summed E-state index contributed by atoms with van der Waals surface area (Å²) in [5, 5.41) is 19.7. The standard InChI is InChI=1S/C11H22O2/c1-4-7-9-11(13,8-5-2)10(12)6-3/h7,9-10,12-13H,4-6,8H2,1-3H3.